The Bertz CT molecular complexity index is 381. The Balaban J connectivity index is 2.85. The van der Waals surface area contributed by atoms with Crippen molar-refractivity contribution in [2.24, 2.45) is 11.0 Å². The summed E-state index contributed by atoms with van der Waals surface area (Å²) in [5.41, 5.74) is 10.3. The maximum atomic E-state index is 11.4. The van der Waals surface area contributed by atoms with Gasteiger partial charge in [0.25, 0.3) is 5.91 Å². The quantitative estimate of drug-likeness (QED) is 0.642. The van der Waals surface area contributed by atoms with E-state index in [1.807, 2.05) is 12.0 Å². The summed E-state index contributed by atoms with van der Waals surface area (Å²) < 4.78 is 15.9. The van der Waals surface area contributed by atoms with E-state index in [-0.39, 0.29) is 0 Å². The van der Waals surface area contributed by atoms with E-state index in [4.69, 9.17) is 15.4 Å². The molecule has 0 saturated heterocycles. The zero-order valence-electron chi connectivity index (χ0n) is 7.69. The molecule has 0 spiro atoms. The number of hydrogen-bond acceptors (Lipinski definition) is 3. The fourth-order valence-corrected chi connectivity index (χ4v) is 1.47. The van der Waals surface area contributed by atoms with Crippen LogP contribution < -0.4 is 16.1 Å². The lowest BCUT2D eigenvalue weighted by molar-refractivity contribution is 0.0978. The number of nitrogens with two attached hydrogens (primary N) is 2. The average molecular weight is 217 g/mol. The normalized spacial score (nSPS) is 11.4. The zero-order chi connectivity index (χ0) is 10.8. The first-order chi connectivity index (χ1) is 6.44. The van der Waals surface area contributed by atoms with Gasteiger partial charge in [0.05, 0.1) is 11.8 Å². The van der Waals surface area contributed by atoms with Crippen molar-refractivity contribution < 1.29 is 13.8 Å². The van der Waals surface area contributed by atoms with E-state index in [2.05, 4.69) is 0 Å². The van der Waals surface area contributed by atoms with Crippen molar-refractivity contribution >= 4 is 13.5 Å². The Labute approximate surface area is 81.2 Å². The lowest BCUT2D eigenvalue weighted by Gasteiger charge is -2.07. The van der Waals surface area contributed by atoms with Gasteiger partial charge in [-0.3, -0.25) is 25.5 Å². The number of rotatable bonds is 3. The molecule has 0 aliphatic heterocycles. The fraction of sp³-hybridized carbons (Fsp3) is 0.286. The Morgan fingerprint density at radius 3 is 2.79 bits per heavy atom. The molecule has 0 unspecified atom stereocenters. The van der Waals surface area contributed by atoms with Crippen molar-refractivity contribution in [1.29, 1.82) is 0 Å². The third-order valence-corrected chi connectivity index (χ3v) is 2.14. The van der Waals surface area contributed by atoms with Crippen molar-refractivity contribution in [3.8, 4) is 0 Å². The minimum Gasteiger partial charge on any atom is -0.469 e. The van der Waals surface area contributed by atoms with Crippen LogP contribution in [0.3, 0.4) is 0 Å². The van der Waals surface area contributed by atoms with Gasteiger partial charge in [0.15, 0.2) is 0 Å². The van der Waals surface area contributed by atoms with Crippen LogP contribution in [0.15, 0.2) is 16.7 Å². The molecule has 78 valence electrons. The lowest BCUT2D eigenvalue weighted by atomic mass is 10.2. The van der Waals surface area contributed by atoms with Crippen LogP contribution in [0.2, 0.25) is 0 Å². The summed E-state index contributed by atoms with van der Waals surface area (Å²) >= 11 is 0. The summed E-state index contributed by atoms with van der Waals surface area (Å²) in [7, 11) is -3.53. The van der Waals surface area contributed by atoms with Crippen LogP contribution in [0, 0.1) is 0 Å². The van der Waals surface area contributed by atoms with Gasteiger partial charge in [-0.05, 0) is 6.07 Å². The van der Waals surface area contributed by atoms with Gasteiger partial charge in [0, 0.05) is 6.42 Å². The molecule has 0 fully saturated rings. The summed E-state index contributed by atoms with van der Waals surface area (Å²) in [6.07, 6.45) is 1.95. The average Bonchev–Trinajstić information content (AvgIpc) is 2.47. The van der Waals surface area contributed by atoms with Crippen molar-refractivity contribution in [3.05, 3.63) is 23.7 Å². The molecule has 1 heterocycles. The predicted molar refractivity (Wildman–Crippen MR) is 51.5 cm³/mol. The van der Waals surface area contributed by atoms with Crippen LogP contribution >= 0.6 is 7.59 Å². The second kappa shape index (κ2) is 3.96. The number of aryl methyl sites for hydroxylation is 1. The molecule has 1 amide bonds. The summed E-state index contributed by atoms with van der Waals surface area (Å²) in [6, 6.07) is 1.48. The van der Waals surface area contributed by atoms with Crippen LogP contribution in [-0.4, -0.2) is 5.91 Å². The summed E-state index contributed by atoms with van der Waals surface area (Å²) in [4.78, 5) is 11.4. The van der Waals surface area contributed by atoms with Crippen LogP contribution in [0.1, 0.15) is 23.0 Å². The van der Waals surface area contributed by atoms with E-state index in [1.165, 1.54) is 12.3 Å². The third kappa shape index (κ3) is 2.70. The van der Waals surface area contributed by atoms with E-state index < -0.39 is 13.5 Å². The molecule has 0 atom stereocenters. The smallest absolute Gasteiger partial charge is 0.300 e. The Morgan fingerprint density at radius 1 is 1.64 bits per heavy atom. The highest BCUT2D eigenvalue weighted by atomic mass is 31.2. The van der Waals surface area contributed by atoms with Gasteiger partial charge in [-0.15, -0.1) is 0 Å². The van der Waals surface area contributed by atoms with Gasteiger partial charge in [-0.25, -0.2) is 0 Å². The van der Waals surface area contributed by atoms with Crippen LogP contribution in [0.5, 0.6) is 0 Å². The van der Waals surface area contributed by atoms with Gasteiger partial charge in [0.1, 0.15) is 5.76 Å². The minimum absolute atomic E-state index is 0.309. The molecule has 0 aliphatic carbocycles. The summed E-state index contributed by atoms with van der Waals surface area (Å²) in [6.45, 7) is 1.83. The Kier molecular flexibility index (Phi) is 3.10. The number of nitrogens with one attached hydrogen (secondary N) is 1. The molecule has 1 aromatic heterocycles. The number of carbonyl (C=O) groups is 1. The standard InChI is InChI=1S/C7H12N3O3P/c1-2-6-5(3-4-13-6)7(11)10-14(8,9)12/h3-4H,2H2,1H3,(H5,8,9,10,11,12). The zero-order valence-corrected chi connectivity index (χ0v) is 8.58. The highest BCUT2D eigenvalue weighted by Crippen LogP contribution is 2.20. The molecule has 6 nitrogen and oxygen atoms in total. The maximum absolute atomic E-state index is 11.4. The molecule has 7 heteroatoms. The van der Waals surface area contributed by atoms with Gasteiger partial charge in [-0.1, -0.05) is 6.92 Å². The largest absolute Gasteiger partial charge is 0.469 e. The molecule has 5 N–H and O–H groups in total. The monoisotopic (exact) mass is 217 g/mol. The second-order valence-corrected chi connectivity index (χ2v) is 4.40. The molecular formula is C7H12N3O3P. The number of furan rings is 1. The fourth-order valence-electron chi connectivity index (χ4n) is 1.04. The van der Waals surface area contributed by atoms with E-state index >= 15 is 0 Å². The predicted octanol–water partition coefficient (Wildman–Crippen LogP) is 0.597. The van der Waals surface area contributed by atoms with Crippen LogP contribution in [0.4, 0.5) is 0 Å². The van der Waals surface area contributed by atoms with Gasteiger partial charge < -0.3 is 4.42 Å². The Hall–Kier alpha value is -1.10. The maximum Gasteiger partial charge on any atom is 0.300 e. The molecule has 0 saturated carbocycles. The van der Waals surface area contributed by atoms with E-state index in [9.17, 15) is 9.36 Å². The van der Waals surface area contributed by atoms with Gasteiger partial charge in [-0.2, -0.15) is 0 Å². The van der Waals surface area contributed by atoms with Crippen molar-refractivity contribution in [3.63, 3.8) is 0 Å². The first-order valence-corrected chi connectivity index (χ1v) is 5.84. The van der Waals surface area contributed by atoms with Crippen molar-refractivity contribution in [2.45, 2.75) is 13.3 Å². The molecule has 0 radical (unpaired) electrons. The molecular weight excluding hydrogens is 205 g/mol. The first-order valence-electron chi connectivity index (χ1n) is 4.00. The summed E-state index contributed by atoms with van der Waals surface area (Å²) in [5.74, 6) is -0.0696. The second-order valence-electron chi connectivity index (χ2n) is 2.76. The van der Waals surface area contributed by atoms with Crippen molar-refractivity contribution in [1.82, 2.24) is 5.09 Å². The summed E-state index contributed by atoms with van der Waals surface area (Å²) in [5, 5.41) is 2.01. The molecule has 14 heavy (non-hydrogen) atoms. The van der Waals surface area contributed by atoms with Crippen molar-refractivity contribution in [2.75, 3.05) is 0 Å². The van der Waals surface area contributed by atoms with Crippen LogP contribution in [-0.2, 0) is 11.0 Å². The van der Waals surface area contributed by atoms with Crippen LogP contribution in [0.25, 0.3) is 0 Å². The SMILES string of the molecule is CCc1occc1C(=O)NP(N)(N)=O. The van der Waals surface area contributed by atoms with Gasteiger partial charge >= 0.3 is 7.59 Å². The first kappa shape index (κ1) is 11.0. The Morgan fingerprint density at radius 2 is 2.29 bits per heavy atom. The lowest BCUT2D eigenvalue weighted by Crippen LogP contribution is -2.28. The molecule has 0 aromatic carbocycles. The van der Waals surface area contributed by atoms with E-state index in [0.29, 0.717) is 17.7 Å². The molecule has 1 rings (SSSR count). The molecule has 0 aliphatic rings. The van der Waals surface area contributed by atoms with E-state index in [1.54, 1.807) is 0 Å². The van der Waals surface area contributed by atoms with Gasteiger partial charge in [0.2, 0.25) is 0 Å². The minimum atomic E-state index is -3.53. The molecule has 0 bridgehead atoms. The topological polar surface area (TPSA) is 111 Å². The third-order valence-electron chi connectivity index (χ3n) is 1.59. The highest BCUT2D eigenvalue weighted by molar-refractivity contribution is 7.57. The number of hydrogen-bond donors (Lipinski definition) is 3. The van der Waals surface area contributed by atoms with E-state index in [0.717, 1.165) is 0 Å². The number of amides is 1. The highest BCUT2D eigenvalue weighted by Gasteiger charge is 2.18. The molecule has 1 aromatic rings. The number of carbonyl (C=O) groups excluding carboxylic acids is 1.